The van der Waals surface area contributed by atoms with Crippen LogP contribution in [0, 0.1) is 0 Å². The van der Waals surface area contributed by atoms with E-state index in [1.54, 1.807) is 6.92 Å². The van der Waals surface area contributed by atoms with Gasteiger partial charge < -0.3 is 14.8 Å². The molecule has 1 heterocycles. The lowest BCUT2D eigenvalue weighted by atomic mass is 10.3. The summed E-state index contributed by atoms with van der Waals surface area (Å²) < 4.78 is 4.86. The second-order valence-corrected chi connectivity index (χ2v) is 3.03. The van der Waals surface area contributed by atoms with Crippen molar-refractivity contribution < 1.29 is 14.3 Å². The van der Waals surface area contributed by atoms with Crippen molar-refractivity contribution in [2.24, 2.45) is 0 Å². The predicted molar refractivity (Wildman–Crippen MR) is 47.7 cm³/mol. The van der Waals surface area contributed by atoms with Crippen LogP contribution in [0.25, 0.3) is 0 Å². The van der Waals surface area contributed by atoms with Crippen LogP contribution in [0.5, 0.6) is 0 Å². The number of amides is 1. The van der Waals surface area contributed by atoms with Gasteiger partial charge in [0.2, 0.25) is 0 Å². The summed E-state index contributed by atoms with van der Waals surface area (Å²) >= 11 is 5.48. The molecule has 72 valence electrons. The first-order valence-electron chi connectivity index (χ1n) is 3.80. The van der Waals surface area contributed by atoms with Crippen molar-refractivity contribution in [3.63, 3.8) is 0 Å². The highest BCUT2D eigenvalue weighted by atomic mass is 35.5. The van der Waals surface area contributed by atoms with Crippen molar-refractivity contribution in [1.29, 1.82) is 0 Å². The first kappa shape index (κ1) is 10.1. The zero-order valence-corrected chi connectivity index (χ0v) is 7.84. The van der Waals surface area contributed by atoms with E-state index in [9.17, 15) is 4.79 Å². The summed E-state index contributed by atoms with van der Waals surface area (Å²) in [4.78, 5) is 11.3. The largest absolute Gasteiger partial charge is 0.440 e. The molecule has 0 saturated heterocycles. The molecule has 2 N–H and O–H groups in total. The number of carbonyl (C=O) groups is 1. The van der Waals surface area contributed by atoms with E-state index in [4.69, 9.17) is 21.1 Å². The summed E-state index contributed by atoms with van der Waals surface area (Å²) in [6, 6.07) is 2.67. The Kier molecular flexibility index (Phi) is 3.33. The lowest BCUT2D eigenvalue weighted by Crippen LogP contribution is -2.34. The van der Waals surface area contributed by atoms with Crippen LogP contribution in [-0.4, -0.2) is 23.7 Å². The van der Waals surface area contributed by atoms with Gasteiger partial charge in [-0.2, -0.15) is 0 Å². The average Bonchev–Trinajstić information content (AvgIpc) is 2.51. The SMILES string of the molecule is CC(CO)NC(=O)c1ccc(Cl)o1. The quantitative estimate of drug-likeness (QED) is 0.772. The molecule has 0 aliphatic rings. The van der Waals surface area contributed by atoms with Crippen LogP contribution in [-0.2, 0) is 0 Å². The van der Waals surface area contributed by atoms with Crippen LogP contribution >= 0.6 is 11.6 Å². The first-order valence-corrected chi connectivity index (χ1v) is 4.18. The molecule has 0 bridgehead atoms. The molecule has 1 atom stereocenters. The molecular weight excluding hydrogens is 194 g/mol. The Balaban J connectivity index is 2.58. The van der Waals surface area contributed by atoms with Gasteiger partial charge in [-0.05, 0) is 30.7 Å². The van der Waals surface area contributed by atoms with Crippen LogP contribution in [0.15, 0.2) is 16.5 Å². The molecule has 5 heteroatoms. The van der Waals surface area contributed by atoms with Gasteiger partial charge >= 0.3 is 0 Å². The van der Waals surface area contributed by atoms with E-state index in [0.29, 0.717) is 0 Å². The highest BCUT2D eigenvalue weighted by Gasteiger charge is 2.12. The fourth-order valence-corrected chi connectivity index (χ4v) is 0.923. The van der Waals surface area contributed by atoms with Crippen molar-refractivity contribution in [2.75, 3.05) is 6.61 Å². The monoisotopic (exact) mass is 203 g/mol. The number of hydrogen-bond donors (Lipinski definition) is 2. The molecule has 1 aromatic heterocycles. The standard InChI is InChI=1S/C8H10ClNO3/c1-5(4-11)10-8(12)6-2-3-7(9)13-6/h2-3,5,11H,4H2,1H3,(H,10,12). The van der Waals surface area contributed by atoms with Crippen molar-refractivity contribution >= 4 is 17.5 Å². The van der Waals surface area contributed by atoms with Crippen molar-refractivity contribution in [3.05, 3.63) is 23.1 Å². The summed E-state index contributed by atoms with van der Waals surface area (Å²) in [7, 11) is 0. The third-order valence-electron chi connectivity index (χ3n) is 1.45. The van der Waals surface area contributed by atoms with Gasteiger partial charge in [-0.1, -0.05) is 0 Å². The molecule has 4 nitrogen and oxygen atoms in total. The maximum absolute atomic E-state index is 11.3. The zero-order chi connectivity index (χ0) is 9.84. The average molecular weight is 204 g/mol. The van der Waals surface area contributed by atoms with Crippen LogP contribution in [0.1, 0.15) is 17.5 Å². The van der Waals surface area contributed by atoms with Crippen LogP contribution in [0.2, 0.25) is 5.22 Å². The Hall–Kier alpha value is -1.00. The van der Waals surface area contributed by atoms with E-state index < -0.39 is 0 Å². The topological polar surface area (TPSA) is 62.5 Å². The molecule has 0 fully saturated rings. The van der Waals surface area contributed by atoms with Crippen LogP contribution in [0.3, 0.4) is 0 Å². The van der Waals surface area contributed by atoms with Gasteiger partial charge in [0.15, 0.2) is 11.0 Å². The number of nitrogens with one attached hydrogen (secondary N) is 1. The maximum atomic E-state index is 11.3. The van der Waals surface area contributed by atoms with Gasteiger partial charge in [0.1, 0.15) is 0 Å². The Morgan fingerprint density at radius 3 is 2.92 bits per heavy atom. The molecule has 1 aromatic rings. The number of carbonyl (C=O) groups excluding carboxylic acids is 1. The summed E-state index contributed by atoms with van der Waals surface area (Å²) in [5, 5.41) is 11.4. The molecule has 0 aliphatic heterocycles. The molecule has 0 radical (unpaired) electrons. The predicted octanol–water partition coefficient (Wildman–Crippen LogP) is 1.04. The summed E-state index contributed by atoms with van der Waals surface area (Å²) in [5.41, 5.74) is 0. The van der Waals surface area contributed by atoms with Crippen molar-refractivity contribution in [2.45, 2.75) is 13.0 Å². The lowest BCUT2D eigenvalue weighted by molar-refractivity contribution is 0.0894. The van der Waals surface area contributed by atoms with Gasteiger partial charge in [0.05, 0.1) is 6.61 Å². The molecule has 1 unspecified atom stereocenters. The Morgan fingerprint density at radius 2 is 2.46 bits per heavy atom. The maximum Gasteiger partial charge on any atom is 0.287 e. The third-order valence-corrected chi connectivity index (χ3v) is 1.65. The third kappa shape index (κ3) is 2.75. The van der Waals surface area contributed by atoms with E-state index in [1.165, 1.54) is 12.1 Å². The molecule has 0 spiro atoms. The zero-order valence-electron chi connectivity index (χ0n) is 7.08. The number of furan rings is 1. The van der Waals surface area contributed by atoms with Gasteiger partial charge in [-0.3, -0.25) is 4.79 Å². The van der Waals surface area contributed by atoms with Crippen molar-refractivity contribution in [1.82, 2.24) is 5.32 Å². The Morgan fingerprint density at radius 1 is 1.77 bits per heavy atom. The minimum atomic E-state index is -0.381. The Bertz CT molecular complexity index is 297. The van der Waals surface area contributed by atoms with E-state index in [0.717, 1.165) is 0 Å². The second-order valence-electron chi connectivity index (χ2n) is 2.66. The first-order chi connectivity index (χ1) is 6.13. The van der Waals surface area contributed by atoms with Crippen LogP contribution in [0.4, 0.5) is 0 Å². The van der Waals surface area contributed by atoms with E-state index in [1.807, 2.05) is 0 Å². The highest BCUT2D eigenvalue weighted by Crippen LogP contribution is 2.12. The van der Waals surface area contributed by atoms with Gasteiger partial charge in [-0.25, -0.2) is 0 Å². The number of aliphatic hydroxyl groups excluding tert-OH is 1. The minimum Gasteiger partial charge on any atom is -0.440 e. The second kappa shape index (κ2) is 4.30. The summed E-state index contributed by atoms with van der Waals surface area (Å²) in [5.74, 6) is -0.237. The number of halogens is 1. The smallest absolute Gasteiger partial charge is 0.287 e. The molecule has 1 rings (SSSR count). The van der Waals surface area contributed by atoms with E-state index in [2.05, 4.69) is 5.32 Å². The highest BCUT2D eigenvalue weighted by molar-refractivity contribution is 6.29. The minimum absolute atomic E-state index is 0.111. The molecule has 13 heavy (non-hydrogen) atoms. The number of rotatable bonds is 3. The fourth-order valence-electron chi connectivity index (χ4n) is 0.777. The Labute approximate surface area is 80.5 Å². The molecule has 0 aliphatic carbocycles. The molecular formula is C8H10ClNO3. The van der Waals surface area contributed by atoms with E-state index in [-0.39, 0.29) is 29.5 Å². The number of aliphatic hydroxyl groups is 1. The van der Waals surface area contributed by atoms with Crippen LogP contribution < -0.4 is 5.32 Å². The fraction of sp³-hybridized carbons (Fsp3) is 0.375. The van der Waals surface area contributed by atoms with Gasteiger partial charge in [0, 0.05) is 6.04 Å². The summed E-state index contributed by atoms with van der Waals surface area (Å²) in [6.07, 6.45) is 0. The van der Waals surface area contributed by atoms with Gasteiger partial charge in [-0.15, -0.1) is 0 Å². The molecule has 0 aromatic carbocycles. The molecule has 1 amide bonds. The number of hydrogen-bond acceptors (Lipinski definition) is 3. The normalized spacial score (nSPS) is 12.5. The lowest BCUT2D eigenvalue weighted by Gasteiger charge is -2.08. The van der Waals surface area contributed by atoms with Gasteiger partial charge in [0.25, 0.3) is 5.91 Å². The summed E-state index contributed by atoms with van der Waals surface area (Å²) in [6.45, 7) is 1.57. The molecule has 0 saturated carbocycles. The van der Waals surface area contributed by atoms with Crippen molar-refractivity contribution in [3.8, 4) is 0 Å². The van der Waals surface area contributed by atoms with E-state index >= 15 is 0 Å².